The molecule has 0 saturated carbocycles. The van der Waals surface area contributed by atoms with Crippen LogP contribution in [-0.4, -0.2) is 38.7 Å². The molecule has 0 aliphatic carbocycles. The quantitative estimate of drug-likeness (QED) is 0.298. The van der Waals surface area contributed by atoms with Crippen molar-refractivity contribution in [1.29, 1.82) is 0 Å². The first-order valence-electron chi connectivity index (χ1n) is 10.9. The second kappa shape index (κ2) is 11.6. The number of anilines is 1. The van der Waals surface area contributed by atoms with E-state index in [1.807, 2.05) is 42.5 Å². The molecular formula is C26H25N3O5S. The number of nitrogens with one attached hydrogen (secondary N) is 1. The largest absolute Gasteiger partial charge is 0.439 e. The zero-order chi connectivity index (χ0) is 24.5. The van der Waals surface area contributed by atoms with Crippen LogP contribution in [0.1, 0.15) is 5.56 Å². The van der Waals surface area contributed by atoms with E-state index in [0.717, 1.165) is 11.1 Å². The summed E-state index contributed by atoms with van der Waals surface area (Å²) in [6.07, 6.45) is 0. The molecule has 3 aromatic carbocycles. The molecule has 35 heavy (non-hydrogen) atoms. The van der Waals surface area contributed by atoms with Crippen LogP contribution in [-0.2, 0) is 26.1 Å². The Morgan fingerprint density at radius 2 is 1.51 bits per heavy atom. The molecule has 1 heterocycles. The molecule has 0 saturated heterocycles. The van der Waals surface area contributed by atoms with Crippen LogP contribution >= 0.6 is 0 Å². The SMILES string of the molecule is COCCOCc1ccccc1-c1cc(Oc2ccccc2)nc(NS(=O)(=O)c2ccccc2)n1. The highest BCUT2D eigenvalue weighted by atomic mass is 32.2. The molecule has 180 valence electrons. The normalized spacial score (nSPS) is 11.2. The van der Waals surface area contributed by atoms with Crippen LogP contribution in [0.3, 0.4) is 0 Å². The van der Waals surface area contributed by atoms with E-state index in [2.05, 4.69) is 14.7 Å². The Bertz CT molecular complexity index is 1350. The first-order chi connectivity index (χ1) is 17.0. The monoisotopic (exact) mass is 491 g/mol. The smallest absolute Gasteiger partial charge is 0.264 e. The number of hydrogen-bond donors (Lipinski definition) is 1. The Labute approximate surface area is 204 Å². The maximum Gasteiger partial charge on any atom is 0.264 e. The Morgan fingerprint density at radius 3 is 2.26 bits per heavy atom. The Hall–Kier alpha value is -3.79. The van der Waals surface area contributed by atoms with Gasteiger partial charge in [-0.05, 0) is 29.8 Å². The molecule has 8 nitrogen and oxygen atoms in total. The van der Waals surface area contributed by atoms with Crippen molar-refractivity contribution in [3.05, 3.63) is 96.6 Å². The zero-order valence-electron chi connectivity index (χ0n) is 19.1. The maximum absolute atomic E-state index is 12.9. The van der Waals surface area contributed by atoms with Gasteiger partial charge in [0.25, 0.3) is 10.0 Å². The third-order valence-electron chi connectivity index (χ3n) is 4.93. The van der Waals surface area contributed by atoms with Gasteiger partial charge < -0.3 is 14.2 Å². The maximum atomic E-state index is 12.9. The molecule has 0 unspecified atom stereocenters. The van der Waals surface area contributed by atoms with Gasteiger partial charge in [-0.1, -0.05) is 60.7 Å². The first kappa shape index (κ1) is 24.3. The summed E-state index contributed by atoms with van der Waals surface area (Å²) >= 11 is 0. The minimum Gasteiger partial charge on any atom is -0.439 e. The van der Waals surface area contributed by atoms with Crippen LogP contribution in [0.2, 0.25) is 0 Å². The average molecular weight is 492 g/mol. The van der Waals surface area contributed by atoms with Gasteiger partial charge in [0, 0.05) is 18.7 Å². The number of para-hydroxylation sites is 1. The van der Waals surface area contributed by atoms with Crippen LogP contribution in [0.4, 0.5) is 5.95 Å². The Balaban J connectivity index is 1.71. The summed E-state index contributed by atoms with van der Waals surface area (Å²) in [5.74, 6) is 0.652. The molecule has 0 aliphatic rings. The molecule has 9 heteroatoms. The fraction of sp³-hybridized carbons (Fsp3) is 0.154. The van der Waals surface area contributed by atoms with E-state index in [9.17, 15) is 8.42 Å². The van der Waals surface area contributed by atoms with Gasteiger partial charge in [0.05, 0.1) is 30.4 Å². The topological polar surface area (TPSA) is 99.6 Å². The average Bonchev–Trinajstić information content (AvgIpc) is 2.88. The molecular weight excluding hydrogens is 466 g/mol. The van der Waals surface area contributed by atoms with Crippen molar-refractivity contribution < 1.29 is 22.6 Å². The molecule has 0 spiro atoms. The van der Waals surface area contributed by atoms with Gasteiger partial charge in [-0.15, -0.1) is 0 Å². The molecule has 0 aliphatic heterocycles. The van der Waals surface area contributed by atoms with Crippen molar-refractivity contribution in [3.8, 4) is 22.9 Å². The Kier molecular flexibility index (Phi) is 8.04. The van der Waals surface area contributed by atoms with Crippen LogP contribution in [0.25, 0.3) is 11.3 Å². The van der Waals surface area contributed by atoms with Crippen molar-refractivity contribution in [3.63, 3.8) is 0 Å². The van der Waals surface area contributed by atoms with Gasteiger partial charge >= 0.3 is 0 Å². The predicted octanol–water partition coefficient (Wildman–Crippen LogP) is 4.90. The van der Waals surface area contributed by atoms with Gasteiger partial charge in [-0.3, -0.25) is 0 Å². The lowest BCUT2D eigenvalue weighted by Crippen LogP contribution is -2.15. The van der Waals surface area contributed by atoms with Gasteiger partial charge in [-0.25, -0.2) is 18.1 Å². The van der Waals surface area contributed by atoms with E-state index < -0.39 is 10.0 Å². The standard InChI is InChI=1S/C26H25N3O5S/c1-32-16-17-33-19-20-10-8-9-15-23(20)24-18-25(34-21-11-4-2-5-12-21)28-26(27-24)29-35(30,31)22-13-6-3-7-14-22/h2-15,18H,16-17,19H2,1H3,(H,27,28,29). The third kappa shape index (κ3) is 6.63. The van der Waals surface area contributed by atoms with Crippen molar-refractivity contribution in [1.82, 2.24) is 9.97 Å². The van der Waals surface area contributed by atoms with Gasteiger partial charge in [-0.2, -0.15) is 4.98 Å². The zero-order valence-corrected chi connectivity index (χ0v) is 19.9. The molecule has 4 rings (SSSR count). The molecule has 0 radical (unpaired) electrons. The minimum atomic E-state index is -3.90. The third-order valence-corrected chi connectivity index (χ3v) is 6.27. The van der Waals surface area contributed by atoms with E-state index in [1.54, 1.807) is 43.5 Å². The van der Waals surface area contributed by atoms with E-state index in [-0.39, 0.29) is 16.7 Å². The van der Waals surface area contributed by atoms with Gasteiger partial charge in [0.15, 0.2) is 0 Å². The minimum absolute atomic E-state index is 0.103. The number of aromatic nitrogens is 2. The lowest BCUT2D eigenvalue weighted by atomic mass is 10.0. The summed E-state index contributed by atoms with van der Waals surface area (Å²) in [6.45, 7) is 1.26. The lowest BCUT2D eigenvalue weighted by Gasteiger charge is -2.14. The second-order valence-corrected chi connectivity index (χ2v) is 9.13. The van der Waals surface area contributed by atoms with Crippen molar-refractivity contribution in [2.75, 3.05) is 25.0 Å². The molecule has 1 N–H and O–H groups in total. The molecule has 0 bridgehead atoms. The molecule has 0 amide bonds. The highest BCUT2D eigenvalue weighted by molar-refractivity contribution is 7.92. The summed E-state index contributed by atoms with van der Waals surface area (Å²) in [6, 6.07) is 26.4. The number of nitrogens with zero attached hydrogens (tertiary/aromatic N) is 2. The summed E-state index contributed by atoms with van der Waals surface area (Å²) in [7, 11) is -2.29. The Morgan fingerprint density at radius 1 is 0.829 bits per heavy atom. The first-order valence-corrected chi connectivity index (χ1v) is 12.4. The highest BCUT2D eigenvalue weighted by Crippen LogP contribution is 2.29. The number of hydrogen-bond acceptors (Lipinski definition) is 7. The summed E-state index contributed by atoms with van der Waals surface area (Å²) in [5.41, 5.74) is 2.14. The summed E-state index contributed by atoms with van der Waals surface area (Å²) in [5, 5.41) is 0. The fourth-order valence-electron chi connectivity index (χ4n) is 3.27. The second-order valence-electron chi connectivity index (χ2n) is 7.45. The van der Waals surface area contributed by atoms with Crippen LogP contribution in [0, 0.1) is 0 Å². The van der Waals surface area contributed by atoms with Crippen LogP contribution in [0.15, 0.2) is 95.9 Å². The molecule has 4 aromatic rings. The van der Waals surface area contributed by atoms with E-state index >= 15 is 0 Å². The molecule has 1 aromatic heterocycles. The highest BCUT2D eigenvalue weighted by Gasteiger charge is 2.18. The van der Waals surface area contributed by atoms with E-state index in [1.165, 1.54) is 12.1 Å². The summed E-state index contributed by atoms with van der Waals surface area (Å²) in [4.78, 5) is 8.91. The molecule has 0 fully saturated rings. The van der Waals surface area contributed by atoms with Crippen molar-refractivity contribution in [2.45, 2.75) is 11.5 Å². The van der Waals surface area contributed by atoms with E-state index in [4.69, 9.17) is 14.2 Å². The predicted molar refractivity (Wildman–Crippen MR) is 133 cm³/mol. The molecule has 0 atom stereocenters. The fourth-order valence-corrected chi connectivity index (χ4v) is 4.23. The number of ether oxygens (including phenoxy) is 3. The van der Waals surface area contributed by atoms with Crippen LogP contribution < -0.4 is 9.46 Å². The number of benzene rings is 3. The summed E-state index contributed by atoms with van der Waals surface area (Å²) < 4.78 is 45.0. The number of methoxy groups -OCH3 is 1. The number of rotatable bonds is 11. The number of sulfonamides is 1. The van der Waals surface area contributed by atoms with E-state index in [0.29, 0.717) is 31.3 Å². The van der Waals surface area contributed by atoms with Gasteiger partial charge in [0.1, 0.15) is 5.75 Å². The van der Waals surface area contributed by atoms with Crippen molar-refractivity contribution in [2.24, 2.45) is 0 Å². The van der Waals surface area contributed by atoms with Crippen LogP contribution in [0.5, 0.6) is 11.6 Å². The lowest BCUT2D eigenvalue weighted by molar-refractivity contribution is 0.0618. The van der Waals surface area contributed by atoms with Gasteiger partial charge in [0.2, 0.25) is 11.8 Å². The van der Waals surface area contributed by atoms with Crippen molar-refractivity contribution >= 4 is 16.0 Å².